The molecule has 0 unspecified atom stereocenters. The van der Waals surface area contributed by atoms with Gasteiger partial charge in [0.2, 0.25) is 5.91 Å². The third kappa shape index (κ3) is 2.78. The van der Waals surface area contributed by atoms with Crippen molar-refractivity contribution in [3.05, 3.63) is 29.8 Å². The molecule has 0 aliphatic carbocycles. The van der Waals surface area contributed by atoms with E-state index in [1.807, 2.05) is 43.1 Å². The maximum atomic E-state index is 10.6. The van der Waals surface area contributed by atoms with Crippen molar-refractivity contribution >= 4 is 11.6 Å². The highest BCUT2D eigenvalue weighted by atomic mass is 16.1. The lowest BCUT2D eigenvalue weighted by molar-refractivity contribution is -0.116. The summed E-state index contributed by atoms with van der Waals surface area (Å²) in [6.45, 7) is 2.27. The summed E-state index contributed by atoms with van der Waals surface area (Å²) in [5.41, 5.74) is 7.28. The SMILES string of the molecule is Cc1cccc(N(C)CC(N)=O)c1. The van der Waals surface area contributed by atoms with Crippen LogP contribution in [0, 0.1) is 6.92 Å². The van der Waals surface area contributed by atoms with Crippen molar-refractivity contribution in [2.75, 3.05) is 18.5 Å². The fourth-order valence-corrected chi connectivity index (χ4v) is 1.19. The fourth-order valence-electron chi connectivity index (χ4n) is 1.19. The Labute approximate surface area is 78.2 Å². The van der Waals surface area contributed by atoms with Gasteiger partial charge in [-0.1, -0.05) is 12.1 Å². The van der Waals surface area contributed by atoms with Crippen LogP contribution in [0.25, 0.3) is 0 Å². The molecule has 3 heteroatoms. The van der Waals surface area contributed by atoms with Gasteiger partial charge in [-0.25, -0.2) is 0 Å². The van der Waals surface area contributed by atoms with Gasteiger partial charge in [-0.15, -0.1) is 0 Å². The second-order valence-electron chi connectivity index (χ2n) is 3.16. The zero-order chi connectivity index (χ0) is 9.84. The maximum Gasteiger partial charge on any atom is 0.236 e. The minimum atomic E-state index is -0.316. The molecule has 1 aromatic rings. The van der Waals surface area contributed by atoms with Crippen molar-refractivity contribution < 1.29 is 4.79 Å². The highest BCUT2D eigenvalue weighted by Crippen LogP contribution is 2.13. The van der Waals surface area contributed by atoms with E-state index in [9.17, 15) is 4.79 Å². The van der Waals surface area contributed by atoms with E-state index in [1.165, 1.54) is 5.56 Å². The summed E-state index contributed by atoms with van der Waals surface area (Å²) in [6, 6.07) is 7.95. The number of carbonyl (C=O) groups excluding carboxylic acids is 1. The predicted octanol–water partition coefficient (Wildman–Crippen LogP) is 0.917. The van der Waals surface area contributed by atoms with Gasteiger partial charge < -0.3 is 10.6 Å². The molecule has 0 aromatic heterocycles. The third-order valence-corrected chi connectivity index (χ3v) is 1.84. The number of primary amides is 1. The Kier molecular flexibility index (Phi) is 2.90. The smallest absolute Gasteiger partial charge is 0.236 e. The second kappa shape index (κ2) is 3.94. The molecule has 2 N–H and O–H groups in total. The molecule has 0 saturated carbocycles. The number of aryl methyl sites for hydroxylation is 1. The number of likely N-dealkylation sites (N-methyl/N-ethyl adjacent to an activating group) is 1. The largest absolute Gasteiger partial charge is 0.368 e. The van der Waals surface area contributed by atoms with E-state index in [0.29, 0.717) is 0 Å². The molecule has 3 nitrogen and oxygen atoms in total. The summed E-state index contributed by atoms with van der Waals surface area (Å²) >= 11 is 0. The van der Waals surface area contributed by atoms with E-state index in [0.717, 1.165) is 5.69 Å². The number of rotatable bonds is 3. The van der Waals surface area contributed by atoms with Crippen molar-refractivity contribution in [1.29, 1.82) is 0 Å². The second-order valence-corrected chi connectivity index (χ2v) is 3.16. The van der Waals surface area contributed by atoms with Crippen LogP contribution in [-0.4, -0.2) is 19.5 Å². The van der Waals surface area contributed by atoms with Crippen molar-refractivity contribution in [2.45, 2.75) is 6.92 Å². The number of hydrogen-bond acceptors (Lipinski definition) is 2. The summed E-state index contributed by atoms with van der Waals surface area (Å²) in [5.74, 6) is -0.316. The summed E-state index contributed by atoms with van der Waals surface area (Å²) < 4.78 is 0. The van der Waals surface area contributed by atoms with Gasteiger partial charge in [0.1, 0.15) is 0 Å². The van der Waals surface area contributed by atoms with Crippen molar-refractivity contribution in [1.82, 2.24) is 0 Å². The average Bonchev–Trinajstić information content (AvgIpc) is 2.03. The number of amides is 1. The molecule has 0 heterocycles. The van der Waals surface area contributed by atoms with Gasteiger partial charge in [0, 0.05) is 12.7 Å². The molecular weight excluding hydrogens is 164 g/mol. The van der Waals surface area contributed by atoms with Crippen LogP contribution in [0.15, 0.2) is 24.3 Å². The molecule has 0 radical (unpaired) electrons. The molecular formula is C10H14N2O. The molecule has 0 saturated heterocycles. The lowest BCUT2D eigenvalue weighted by atomic mass is 10.2. The van der Waals surface area contributed by atoms with Gasteiger partial charge >= 0.3 is 0 Å². The van der Waals surface area contributed by atoms with Crippen LogP contribution in [0.4, 0.5) is 5.69 Å². The van der Waals surface area contributed by atoms with Gasteiger partial charge in [-0.3, -0.25) is 4.79 Å². The molecule has 1 amide bonds. The zero-order valence-corrected chi connectivity index (χ0v) is 7.95. The van der Waals surface area contributed by atoms with Crippen LogP contribution >= 0.6 is 0 Å². The van der Waals surface area contributed by atoms with Crippen LogP contribution in [0.3, 0.4) is 0 Å². The van der Waals surface area contributed by atoms with E-state index in [-0.39, 0.29) is 12.5 Å². The van der Waals surface area contributed by atoms with E-state index >= 15 is 0 Å². The highest BCUT2D eigenvalue weighted by molar-refractivity contribution is 5.79. The van der Waals surface area contributed by atoms with Crippen LogP contribution < -0.4 is 10.6 Å². The van der Waals surface area contributed by atoms with Crippen molar-refractivity contribution in [3.8, 4) is 0 Å². The van der Waals surface area contributed by atoms with Gasteiger partial charge in [-0.2, -0.15) is 0 Å². The van der Waals surface area contributed by atoms with E-state index in [2.05, 4.69) is 0 Å². The molecule has 13 heavy (non-hydrogen) atoms. The Morgan fingerprint density at radius 3 is 2.77 bits per heavy atom. The number of nitrogens with two attached hydrogens (primary N) is 1. The lowest BCUT2D eigenvalue weighted by Gasteiger charge is -2.17. The van der Waals surface area contributed by atoms with Crippen LogP contribution in [0.5, 0.6) is 0 Å². The van der Waals surface area contributed by atoms with Crippen molar-refractivity contribution in [3.63, 3.8) is 0 Å². The van der Waals surface area contributed by atoms with Crippen LogP contribution in [0.2, 0.25) is 0 Å². The standard InChI is InChI=1S/C10H14N2O/c1-8-4-3-5-9(6-8)12(2)7-10(11)13/h3-6H,7H2,1-2H3,(H2,11,13). The van der Waals surface area contributed by atoms with Gasteiger partial charge in [-0.05, 0) is 24.6 Å². The average molecular weight is 178 g/mol. The number of nitrogens with zero attached hydrogens (tertiary/aromatic N) is 1. The highest BCUT2D eigenvalue weighted by Gasteiger charge is 2.02. The summed E-state index contributed by atoms with van der Waals surface area (Å²) in [7, 11) is 1.85. The fraction of sp³-hybridized carbons (Fsp3) is 0.300. The number of anilines is 1. The molecule has 0 atom stereocenters. The maximum absolute atomic E-state index is 10.6. The van der Waals surface area contributed by atoms with Crippen LogP contribution in [-0.2, 0) is 4.79 Å². The van der Waals surface area contributed by atoms with Crippen molar-refractivity contribution in [2.24, 2.45) is 5.73 Å². The van der Waals surface area contributed by atoms with Crippen LogP contribution in [0.1, 0.15) is 5.56 Å². The lowest BCUT2D eigenvalue weighted by Crippen LogP contribution is -2.30. The Morgan fingerprint density at radius 1 is 1.54 bits per heavy atom. The summed E-state index contributed by atoms with van der Waals surface area (Å²) in [4.78, 5) is 12.5. The first-order chi connectivity index (χ1) is 6.09. The monoisotopic (exact) mass is 178 g/mol. The number of benzene rings is 1. The molecule has 0 aliphatic rings. The molecule has 0 spiro atoms. The first kappa shape index (κ1) is 9.58. The molecule has 0 aliphatic heterocycles. The Morgan fingerprint density at radius 2 is 2.23 bits per heavy atom. The molecule has 1 aromatic carbocycles. The number of hydrogen-bond donors (Lipinski definition) is 1. The minimum Gasteiger partial charge on any atom is -0.368 e. The quantitative estimate of drug-likeness (QED) is 0.748. The van der Waals surface area contributed by atoms with Gasteiger partial charge in [0.25, 0.3) is 0 Å². The summed E-state index contributed by atoms with van der Waals surface area (Å²) in [6.07, 6.45) is 0. The van der Waals surface area contributed by atoms with E-state index in [4.69, 9.17) is 5.73 Å². The third-order valence-electron chi connectivity index (χ3n) is 1.84. The first-order valence-electron chi connectivity index (χ1n) is 4.15. The minimum absolute atomic E-state index is 0.253. The Balaban J connectivity index is 2.76. The van der Waals surface area contributed by atoms with Gasteiger partial charge in [0.15, 0.2) is 0 Å². The Bertz CT molecular complexity index is 310. The molecule has 70 valence electrons. The Hall–Kier alpha value is -1.51. The van der Waals surface area contributed by atoms with Gasteiger partial charge in [0.05, 0.1) is 6.54 Å². The number of carbonyl (C=O) groups is 1. The first-order valence-corrected chi connectivity index (χ1v) is 4.15. The summed E-state index contributed by atoms with van der Waals surface area (Å²) in [5, 5.41) is 0. The zero-order valence-electron chi connectivity index (χ0n) is 7.95. The topological polar surface area (TPSA) is 46.3 Å². The molecule has 1 rings (SSSR count). The van der Waals surface area contributed by atoms with E-state index in [1.54, 1.807) is 0 Å². The van der Waals surface area contributed by atoms with E-state index < -0.39 is 0 Å². The molecule has 0 bridgehead atoms. The normalized spacial score (nSPS) is 9.69. The predicted molar refractivity (Wildman–Crippen MR) is 53.6 cm³/mol. The molecule has 0 fully saturated rings.